The van der Waals surface area contributed by atoms with Gasteiger partial charge in [-0.1, -0.05) is 294 Å². The van der Waals surface area contributed by atoms with Gasteiger partial charge in [-0.25, -0.2) is 0 Å². The van der Waals surface area contributed by atoms with Gasteiger partial charge in [0, 0.05) is 12.8 Å². The number of ether oxygens (including phenoxy) is 1. The Balaban J connectivity index is 3.47. The molecule has 1 amide bonds. The summed E-state index contributed by atoms with van der Waals surface area (Å²) >= 11 is 0. The number of carbonyl (C=O) groups is 2. The zero-order valence-corrected chi connectivity index (χ0v) is 49.6. The predicted molar refractivity (Wildman–Crippen MR) is 324 cm³/mol. The second-order valence-electron chi connectivity index (χ2n) is 22.4. The van der Waals surface area contributed by atoms with Crippen LogP contribution >= 0.6 is 0 Å². The molecule has 0 spiro atoms. The van der Waals surface area contributed by atoms with Crippen LogP contribution in [-0.2, 0) is 14.3 Å². The molecular formula is C68H127NO5. The molecule has 0 saturated carbocycles. The van der Waals surface area contributed by atoms with Crippen LogP contribution in [-0.4, -0.2) is 47.4 Å². The van der Waals surface area contributed by atoms with Crippen molar-refractivity contribution in [1.29, 1.82) is 0 Å². The summed E-state index contributed by atoms with van der Waals surface area (Å²) in [6, 6.07) is -0.637. The topological polar surface area (TPSA) is 95.9 Å². The first-order valence-electron chi connectivity index (χ1n) is 32.9. The monoisotopic (exact) mass is 1040 g/mol. The maximum atomic E-state index is 12.5. The summed E-state index contributed by atoms with van der Waals surface area (Å²) in [5, 5.41) is 23.2. The van der Waals surface area contributed by atoms with E-state index in [0.717, 1.165) is 64.2 Å². The fourth-order valence-corrected chi connectivity index (χ4v) is 10.0. The van der Waals surface area contributed by atoms with Crippen LogP contribution < -0.4 is 5.32 Å². The normalized spacial score (nSPS) is 12.9. The van der Waals surface area contributed by atoms with Gasteiger partial charge in [0.2, 0.25) is 5.91 Å². The molecule has 0 aromatic heterocycles. The van der Waals surface area contributed by atoms with Crippen LogP contribution in [0.25, 0.3) is 0 Å². The number of amides is 1. The van der Waals surface area contributed by atoms with E-state index in [9.17, 15) is 19.8 Å². The Morgan fingerprint density at radius 2 is 0.676 bits per heavy atom. The Hall–Kier alpha value is -2.18. The molecule has 6 nitrogen and oxygen atoms in total. The lowest BCUT2D eigenvalue weighted by Gasteiger charge is -2.20. The molecule has 3 N–H and O–H groups in total. The highest BCUT2D eigenvalue weighted by Crippen LogP contribution is 2.17. The van der Waals surface area contributed by atoms with Crippen molar-refractivity contribution < 1.29 is 24.5 Å². The van der Waals surface area contributed by atoms with E-state index in [0.29, 0.717) is 19.4 Å². The third kappa shape index (κ3) is 59.1. The van der Waals surface area contributed by atoms with Crippen molar-refractivity contribution >= 4 is 11.9 Å². The van der Waals surface area contributed by atoms with Crippen LogP contribution in [0.5, 0.6) is 0 Å². The Morgan fingerprint density at radius 1 is 0.378 bits per heavy atom. The summed E-state index contributed by atoms with van der Waals surface area (Å²) < 4.78 is 5.48. The minimum atomic E-state index is -0.853. The third-order valence-corrected chi connectivity index (χ3v) is 15.1. The quantitative estimate of drug-likeness (QED) is 0.0320. The molecule has 2 unspecified atom stereocenters. The first kappa shape index (κ1) is 71.8. The Labute approximate surface area is 461 Å². The largest absolute Gasteiger partial charge is 0.466 e. The highest BCUT2D eigenvalue weighted by atomic mass is 16.5. The van der Waals surface area contributed by atoms with Gasteiger partial charge >= 0.3 is 5.97 Å². The predicted octanol–water partition coefficient (Wildman–Crippen LogP) is 20.9. The highest BCUT2D eigenvalue weighted by Gasteiger charge is 2.18. The lowest BCUT2D eigenvalue weighted by atomic mass is 10.0. The summed E-state index contributed by atoms with van der Waals surface area (Å²) in [5.41, 5.74) is 0. The van der Waals surface area contributed by atoms with E-state index in [1.54, 1.807) is 6.08 Å². The summed E-state index contributed by atoms with van der Waals surface area (Å²) in [7, 11) is 0. The van der Waals surface area contributed by atoms with E-state index in [2.05, 4.69) is 55.6 Å². The van der Waals surface area contributed by atoms with Crippen LogP contribution in [0.15, 0.2) is 48.6 Å². The Morgan fingerprint density at radius 3 is 1.07 bits per heavy atom. The molecule has 434 valence electrons. The van der Waals surface area contributed by atoms with Gasteiger partial charge in [-0.3, -0.25) is 9.59 Å². The maximum Gasteiger partial charge on any atom is 0.305 e. The number of hydrogen-bond donors (Lipinski definition) is 3. The van der Waals surface area contributed by atoms with E-state index in [1.165, 1.54) is 257 Å². The zero-order valence-electron chi connectivity index (χ0n) is 49.6. The summed E-state index contributed by atoms with van der Waals surface area (Å²) in [5.74, 6) is -0.0800. The minimum absolute atomic E-state index is 0.00446. The highest BCUT2D eigenvalue weighted by molar-refractivity contribution is 5.76. The summed E-state index contributed by atoms with van der Waals surface area (Å²) in [6.07, 6.45) is 81.5. The van der Waals surface area contributed by atoms with Gasteiger partial charge < -0.3 is 20.3 Å². The van der Waals surface area contributed by atoms with Crippen LogP contribution in [0.2, 0.25) is 0 Å². The fourth-order valence-electron chi connectivity index (χ4n) is 10.0. The molecule has 0 aliphatic heterocycles. The van der Waals surface area contributed by atoms with Gasteiger partial charge in [-0.15, -0.1) is 0 Å². The van der Waals surface area contributed by atoms with Crippen LogP contribution in [0.1, 0.15) is 348 Å². The standard InChI is InChI=1S/C68H127NO5/c1-3-5-7-9-11-13-15-17-19-21-22-23-25-29-32-36-40-44-48-52-56-60-66(71)65(64-70)69-67(72)61-57-53-49-45-41-37-33-30-26-24-27-31-35-39-43-47-51-55-59-63-74-68(73)62-58-54-50-46-42-38-34-28-20-18-16-14-12-10-8-6-4-2/h12,14,18,20,24,26,56,60,65-66,70-71H,3-11,13,15-17,19,21-23,25,27-55,57-59,61-64H2,1-2H3,(H,69,72)/b14-12-,20-18-,26-24-,60-56+. The van der Waals surface area contributed by atoms with Crippen molar-refractivity contribution in [3.63, 3.8) is 0 Å². The molecule has 0 aromatic carbocycles. The second kappa shape index (κ2) is 63.4. The number of hydrogen-bond acceptors (Lipinski definition) is 5. The van der Waals surface area contributed by atoms with Gasteiger partial charge in [0.05, 0.1) is 25.4 Å². The number of carbonyl (C=O) groups excluding carboxylic acids is 2. The molecule has 0 aromatic rings. The molecule has 0 saturated heterocycles. The average molecular weight is 1040 g/mol. The third-order valence-electron chi connectivity index (χ3n) is 15.1. The molecule has 0 aliphatic carbocycles. The maximum absolute atomic E-state index is 12.5. The van der Waals surface area contributed by atoms with Crippen molar-refractivity contribution in [1.82, 2.24) is 5.32 Å². The SMILES string of the molecule is CCCCC/C=C\C/C=C\CCCCCCCCCC(=O)OCCCCCCCCCC/C=C\CCCCCCCCCC(=O)NC(CO)C(O)/C=C/CCCCCCCCCCCCCCCCCCCCC. The van der Waals surface area contributed by atoms with Crippen LogP contribution in [0, 0.1) is 0 Å². The van der Waals surface area contributed by atoms with E-state index in [-0.39, 0.29) is 18.5 Å². The Kier molecular flexibility index (Phi) is 61.5. The molecule has 0 fully saturated rings. The van der Waals surface area contributed by atoms with E-state index >= 15 is 0 Å². The van der Waals surface area contributed by atoms with E-state index in [4.69, 9.17) is 4.74 Å². The number of rotatable bonds is 61. The number of nitrogens with one attached hydrogen (secondary N) is 1. The Bertz CT molecular complexity index is 1240. The molecule has 74 heavy (non-hydrogen) atoms. The molecule has 6 heteroatoms. The minimum Gasteiger partial charge on any atom is -0.466 e. The van der Waals surface area contributed by atoms with Crippen LogP contribution in [0.4, 0.5) is 0 Å². The lowest BCUT2D eigenvalue weighted by Crippen LogP contribution is -2.45. The summed E-state index contributed by atoms with van der Waals surface area (Å²) in [6.45, 7) is 4.88. The molecule has 0 rings (SSSR count). The van der Waals surface area contributed by atoms with E-state index < -0.39 is 12.1 Å². The van der Waals surface area contributed by atoms with Gasteiger partial charge in [0.15, 0.2) is 0 Å². The van der Waals surface area contributed by atoms with Gasteiger partial charge in [0.1, 0.15) is 0 Å². The number of allylic oxidation sites excluding steroid dienone is 7. The molecule has 0 bridgehead atoms. The average Bonchev–Trinajstić information content (AvgIpc) is 3.40. The number of unbranched alkanes of at least 4 members (excludes halogenated alkanes) is 44. The van der Waals surface area contributed by atoms with Gasteiger partial charge in [-0.2, -0.15) is 0 Å². The number of aliphatic hydroxyl groups is 2. The second-order valence-corrected chi connectivity index (χ2v) is 22.4. The first-order valence-corrected chi connectivity index (χ1v) is 32.9. The molecule has 0 radical (unpaired) electrons. The zero-order chi connectivity index (χ0) is 53.6. The first-order chi connectivity index (χ1) is 36.5. The van der Waals surface area contributed by atoms with Gasteiger partial charge in [-0.05, 0) is 89.9 Å². The van der Waals surface area contributed by atoms with Gasteiger partial charge in [0.25, 0.3) is 0 Å². The molecular weight excluding hydrogens is 911 g/mol. The molecule has 0 aliphatic rings. The van der Waals surface area contributed by atoms with Crippen molar-refractivity contribution in [3.8, 4) is 0 Å². The van der Waals surface area contributed by atoms with Crippen molar-refractivity contribution in [2.45, 2.75) is 360 Å². The van der Waals surface area contributed by atoms with E-state index in [1.807, 2.05) is 6.08 Å². The smallest absolute Gasteiger partial charge is 0.305 e. The molecule has 0 heterocycles. The van der Waals surface area contributed by atoms with Crippen LogP contribution in [0.3, 0.4) is 0 Å². The van der Waals surface area contributed by atoms with Crippen molar-refractivity contribution in [3.05, 3.63) is 48.6 Å². The summed E-state index contributed by atoms with van der Waals surface area (Å²) in [4.78, 5) is 24.6. The van der Waals surface area contributed by atoms with Crippen molar-refractivity contribution in [2.75, 3.05) is 13.2 Å². The number of aliphatic hydroxyl groups excluding tert-OH is 2. The number of esters is 1. The molecule has 2 atom stereocenters. The van der Waals surface area contributed by atoms with Crippen molar-refractivity contribution in [2.24, 2.45) is 0 Å². The fraction of sp³-hybridized carbons (Fsp3) is 0.853. The lowest BCUT2D eigenvalue weighted by molar-refractivity contribution is -0.143.